The zero-order chi connectivity index (χ0) is 12.3. The van der Waals surface area contributed by atoms with E-state index in [1.807, 2.05) is 24.3 Å². The van der Waals surface area contributed by atoms with Gasteiger partial charge in [-0.2, -0.15) is 0 Å². The number of ether oxygens (including phenoxy) is 1. The smallest absolute Gasteiger partial charge is 0.325 e. The van der Waals surface area contributed by atoms with Crippen molar-refractivity contribution in [2.24, 2.45) is 0 Å². The Balaban J connectivity index is 2.25. The Labute approximate surface area is 101 Å². The lowest BCUT2D eigenvalue weighted by Crippen LogP contribution is -2.22. The van der Waals surface area contributed by atoms with Gasteiger partial charge >= 0.3 is 5.69 Å². The fraction of sp³-hybridized carbons (Fsp3) is 0.0909. The highest BCUT2D eigenvalue weighted by atomic mass is 32.2. The van der Waals surface area contributed by atoms with Crippen LogP contribution in [0, 0.1) is 0 Å². The molecule has 88 valence electrons. The molecule has 2 aromatic rings. The van der Waals surface area contributed by atoms with E-state index >= 15 is 0 Å². The molecule has 0 saturated heterocycles. The van der Waals surface area contributed by atoms with E-state index < -0.39 is 11.2 Å². The van der Waals surface area contributed by atoms with Crippen LogP contribution in [0.1, 0.15) is 0 Å². The summed E-state index contributed by atoms with van der Waals surface area (Å²) in [6.07, 6.45) is 1.40. The van der Waals surface area contributed by atoms with Crippen LogP contribution < -0.4 is 16.0 Å². The number of methoxy groups -OCH3 is 1. The molecule has 0 unspecified atom stereocenters. The normalized spacial score (nSPS) is 10.2. The van der Waals surface area contributed by atoms with Crippen LogP contribution in [-0.2, 0) is 0 Å². The number of benzene rings is 1. The average molecular weight is 250 g/mol. The second-order valence-corrected chi connectivity index (χ2v) is 4.33. The summed E-state index contributed by atoms with van der Waals surface area (Å²) in [6.45, 7) is 0. The van der Waals surface area contributed by atoms with Gasteiger partial charge in [0.25, 0.3) is 5.56 Å². The van der Waals surface area contributed by atoms with Gasteiger partial charge < -0.3 is 9.72 Å². The molecule has 1 aromatic carbocycles. The minimum atomic E-state index is -0.505. The second-order valence-electron chi connectivity index (χ2n) is 3.21. The Bertz CT molecular complexity index is 616. The van der Waals surface area contributed by atoms with Crippen molar-refractivity contribution in [1.82, 2.24) is 9.97 Å². The predicted molar refractivity (Wildman–Crippen MR) is 64.8 cm³/mol. The highest BCUT2D eigenvalue weighted by Gasteiger charge is 2.03. The SMILES string of the molecule is COc1ccc(Sc2c[nH]c(=O)[nH]c2=O)cc1. The van der Waals surface area contributed by atoms with Crippen molar-refractivity contribution in [3.8, 4) is 5.75 Å². The second kappa shape index (κ2) is 4.92. The zero-order valence-corrected chi connectivity index (χ0v) is 9.84. The van der Waals surface area contributed by atoms with E-state index in [0.717, 1.165) is 10.6 Å². The topological polar surface area (TPSA) is 75.0 Å². The molecular formula is C11H10N2O3S. The van der Waals surface area contributed by atoms with Crippen molar-refractivity contribution >= 4 is 11.8 Å². The predicted octanol–water partition coefficient (Wildman–Crippen LogP) is 1.22. The van der Waals surface area contributed by atoms with E-state index in [1.165, 1.54) is 18.0 Å². The van der Waals surface area contributed by atoms with E-state index in [4.69, 9.17) is 4.74 Å². The summed E-state index contributed by atoms with van der Waals surface area (Å²) in [6, 6.07) is 7.30. The number of hydrogen-bond donors (Lipinski definition) is 2. The third-order valence-corrected chi connectivity index (χ3v) is 3.10. The minimum Gasteiger partial charge on any atom is -0.497 e. The Hall–Kier alpha value is -1.95. The first-order chi connectivity index (χ1) is 8.19. The van der Waals surface area contributed by atoms with Crippen molar-refractivity contribution in [2.45, 2.75) is 9.79 Å². The number of aromatic nitrogens is 2. The van der Waals surface area contributed by atoms with Gasteiger partial charge in [-0.1, -0.05) is 11.8 Å². The molecule has 0 bridgehead atoms. The quantitative estimate of drug-likeness (QED) is 0.859. The molecule has 1 heterocycles. The standard InChI is InChI=1S/C11H10N2O3S/c1-16-7-2-4-8(5-3-7)17-9-6-12-11(15)13-10(9)14/h2-6H,1H3,(H2,12,13,14,15). The van der Waals surface area contributed by atoms with Crippen molar-refractivity contribution in [3.63, 3.8) is 0 Å². The molecule has 6 heteroatoms. The van der Waals surface area contributed by atoms with Crippen LogP contribution in [0.4, 0.5) is 0 Å². The Kier molecular flexibility index (Phi) is 3.34. The van der Waals surface area contributed by atoms with Crippen LogP contribution in [0.25, 0.3) is 0 Å². The number of H-pyrrole nitrogens is 2. The Morgan fingerprint density at radius 2 is 1.88 bits per heavy atom. The van der Waals surface area contributed by atoms with Gasteiger partial charge in [0.2, 0.25) is 0 Å². The molecule has 5 nitrogen and oxygen atoms in total. The third-order valence-electron chi connectivity index (χ3n) is 2.07. The lowest BCUT2D eigenvalue weighted by Gasteiger charge is -2.02. The van der Waals surface area contributed by atoms with Gasteiger partial charge in [-0.25, -0.2) is 4.79 Å². The molecule has 0 radical (unpaired) electrons. The van der Waals surface area contributed by atoms with Crippen LogP contribution in [0.2, 0.25) is 0 Å². The highest BCUT2D eigenvalue weighted by molar-refractivity contribution is 7.99. The molecule has 17 heavy (non-hydrogen) atoms. The third kappa shape index (κ3) is 2.79. The van der Waals surface area contributed by atoms with Gasteiger partial charge in [-0.15, -0.1) is 0 Å². The van der Waals surface area contributed by atoms with Crippen molar-refractivity contribution in [2.75, 3.05) is 7.11 Å². The van der Waals surface area contributed by atoms with Gasteiger partial charge in [-0.3, -0.25) is 9.78 Å². The van der Waals surface area contributed by atoms with E-state index in [-0.39, 0.29) is 0 Å². The number of hydrogen-bond acceptors (Lipinski definition) is 4. The molecule has 0 saturated carbocycles. The molecule has 0 fully saturated rings. The van der Waals surface area contributed by atoms with Crippen molar-refractivity contribution in [3.05, 3.63) is 51.3 Å². The van der Waals surface area contributed by atoms with Gasteiger partial charge in [0.1, 0.15) is 5.75 Å². The first-order valence-electron chi connectivity index (χ1n) is 4.83. The number of aromatic amines is 2. The van der Waals surface area contributed by atoms with Crippen LogP contribution in [0.3, 0.4) is 0 Å². The minimum absolute atomic E-state index is 0.394. The average Bonchev–Trinajstić information content (AvgIpc) is 2.34. The highest BCUT2D eigenvalue weighted by Crippen LogP contribution is 2.25. The summed E-state index contributed by atoms with van der Waals surface area (Å²) in [5, 5.41) is 0. The summed E-state index contributed by atoms with van der Waals surface area (Å²) in [5.74, 6) is 0.754. The maximum absolute atomic E-state index is 11.4. The van der Waals surface area contributed by atoms with E-state index in [0.29, 0.717) is 4.90 Å². The first kappa shape index (κ1) is 11.5. The monoisotopic (exact) mass is 250 g/mol. The van der Waals surface area contributed by atoms with Crippen LogP contribution >= 0.6 is 11.8 Å². The van der Waals surface area contributed by atoms with E-state index in [1.54, 1.807) is 7.11 Å². The van der Waals surface area contributed by atoms with Gasteiger partial charge in [-0.05, 0) is 24.3 Å². The van der Waals surface area contributed by atoms with Crippen LogP contribution in [-0.4, -0.2) is 17.1 Å². The first-order valence-corrected chi connectivity index (χ1v) is 5.64. The number of nitrogens with one attached hydrogen (secondary N) is 2. The molecule has 0 aliphatic heterocycles. The van der Waals surface area contributed by atoms with Crippen molar-refractivity contribution < 1.29 is 4.74 Å². The summed E-state index contributed by atoms with van der Waals surface area (Å²) in [4.78, 5) is 28.2. The summed E-state index contributed by atoms with van der Waals surface area (Å²) >= 11 is 1.27. The maximum Gasteiger partial charge on any atom is 0.325 e. The molecule has 0 amide bonds. The largest absolute Gasteiger partial charge is 0.497 e. The molecular weight excluding hydrogens is 240 g/mol. The molecule has 2 rings (SSSR count). The molecule has 0 aliphatic rings. The molecule has 0 spiro atoms. The van der Waals surface area contributed by atoms with Gasteiger partial charge in [0.05, 0.1) is 12.0 Å². The molecule has 0 atom stereocenters. The fourth-order valence-corrected chi connectivity index (χ4v) is 2.03. The van der Waals surface area contributed by atoms with Crippen LogP contribution in [0.5, 0.6) is 5.75 Å². The molecule has 0 aliphatic carbocycles. The Morgan fingerprint density at radius 1 is 1.18 bits per heavy atom. The van der Waals surface area contributed by atoms with E-state index in [2.05, 4.69) is 9.97 Å². The lowest BCUT2D eigenvalue weighted by atomic mass is 10.3. The maximum atomic E-state index is 11.4. The molecule has 1 aromatic heterocycles. The number of rotatable bonds is 3. The fourth-order valence-electron chi connectivity index (χ4n) is 1.24. The van der Waals surface area contributed by atoms with Crippen LogP contribution in [0.15, 0.2) is 49.8 Å². The van der Waals surface area contributed by atoms with Gasteiger partial charge in [0.15, 0.2) is 0 Å². The summed E-state index contributed by atoms with van der Waals surface area (Å²) < 4.78 is 5.03. The summed E-state index contributed by atoms with van der Waals surface area (Å²) in [5.41, 5.74) is -0.899. The van der Waals surface area contributed by atoms with Gasteiger partial charge in [0, 0.05) is 11.1 Å². The van der Waals surface area contributed by atoms with E-state index in [9.17, 15) is 9.59 Å². The Morgan fingerprint density at radius 3 is 2.47 bits per heavy atom. The zero-order valence-electron chi connectivity index (χ0n) is 9.02. The molecule has 2 N–H and O–H groups in total. The lowest BCUT2D eigenvalue weighted by molar-refractivity contribution is 0.414. The summed E-state index contributed by atoms with van der Waals surface area (Å²) in [7, 11) is 1.59. The van der Waals surface area contributed by atoms with Crippen molar-refractivity contribution in [1.29, 1.82) is 0 Å².